The van der Waals surface area contributed by atoms with Gasteiger partial charge in [-0.25, -0.2) is 0 Å². The molecule has 0 radical (unpaired) electrons. The van der Waals surface area contributed by atoms with Gasteiger partial charge in [0.05, 0.1) is 0 Å². The molecule has 0 nitrogen and oxygen atoms in total. The monoisotopic (exact) mass is 512 g/mol. The predicted molar refractivity (Wildman–Crippen MR) is 117 cm³/mol. The van der Waals surface area contributed by atoms with E-state index in [9.17, 15) is 0 Å². The van der Waals surface area contributed by atoms with E-state index in [2.05, 4.69) is 89.7 Å². The van der Waals surface area contributed by atoms with Crippen molar-refractivity contribution in [1.82, 2.24) is 0 Å². The zero-order valence-electron chi connectivity index (χ0n) is 18.2. The molecular weight excluding hydrogens is 483 g/mol. The van der Waals surface area contributed by atoms with E-state index in [1.165, 1.54) is 48.8 Å². The number of halogens is 3. The minimum Gasteiger partial charge on any atom is -1.00 e. The van der Waals surface area contributed by atoms with E-state index in [1.807, 2.05) is 0 Å². The van der Waals surface area contributed by atoms with Crippen molar-refractivity contribution in [3.05, 3.63) is 85.4 Å². The van der Waals surface area contributed by atoms with Crippen LogP contribution in [0.25, 0.3) is 0 Å². The Morgan fingerprint density at radius 1 is 0.900 bits per heavy atom. The summed E-state index contributed by atoms with van der Waals surface area (Å²) >= 11 is 2.39. The smallest absolute Gasteiger partial charge is 1.00 e. The number of hydrogen-bond donors (Lipinski definition) is 0. The summed E-state index contributed by atoms with van der Waals surface area (Å²) in [6, 6.07) is 18.2. The van der Waals surface area contributed by atoms with Gasteiger partial charge in [0, 0.05) is 0 Å². The number of aryl methyl sites for hydroxylation is 2. The molecule has 0 saturated carbocycles. The van der Waals surface area contributed by atoms with Crippen molar-refractivity contribution in [1.29, 1.82) is 0 Å². The van der Waals surface area contributed by atoms with Crippen LogP contribution in [0.15, 0.2) is 68.8 Å². The van der Waals surface area contributed by atoms with Crippen molar-refractivity contribution in [3.63, 3.8) is 0 Å². The third-order valence-corrected chi connectivity index (χ3v) is 8.46. The van der Waals surface area contributed by atoms with Gasteiger partial charge in [-0.3, -0.25) is 0 Å². The second-order valence-corrected chi connectivity index (χ2v) is 10.8. The van der Waals surface area contributed by atoms with E-state index in [0.717, 1.165) is 6.42 Å². The van der Waals surface area contributed by atoms with Crippen molar-refractivity contribution in [2.75, 3.05) is 0 Å². The second kappa shape index (κ2) is 14.7. The minimum absolute atomic E-state index is 0. The van der Waals surface area contributed by atoms with Crippen LogP contribution in [0.4, 0.5) is 0 Å². The van der Waals surface area contributed by atoms with Gasteiger partial charge in [-0.1, -0.05) is 0 Å². The van der Waals surface area contributed by atoms with Gasteiger partial charge in [0.15, 0.2) is 0 Å². The maximum atomic E-state index is 2.43. The van der Waals surface area contributed by atoms with E-state index < -0.39 is 9.52 Å². The van der Waals surface area contributed by atoms with Crippen molar-refractivity contribution in [2.45, 2.75) is 59.3 Å². The number of rotatable bonds is 8. The Morgan fingerprint density at radius 3 is 2.13 bits per heavy atom. The fourth-order valence-electron chi connectivity index (χ4n) is 4.24. The summed E-state index contributed by atoms with van der Waals surface area (Å²) < 4.78 is 1.61. The Kier molecular flexibility index (Phi) is 14.6. The number of benzene rings is 2. The summed E-state index contributed by atoms with van der Waals surface area (Å²) in [6.07, 6.45) is 7.66. The molecule has 0 N–H and O–H groups in total. The molecule has 30 heavy (non-hydrogen) atoms. The molecule has 1 aliphatic rings. The van der Waals surface area contributed by atoms with Crippen molar-refractivity contribution in [2.24, 2.45) is 0 Å². The van der Waals surface area contributed by atoms with Crippen molar-refractivity contribution >= 4 is 14.7 Å². The van der Waals surface area contributed by atoms with E-state index in [1.54, 1.807) is 25.4 Å². The first-order chi connectivity index (χ1) is 13.1. The summed E-state index contributed by atoms with van der Waals surface area (Å²) in [5.74, 6) is 0. The molecule has 1 aliphatic carbocycles. The zero-order valence-corrected chi connectivity index (χ0v) is 23.4. The van der Waals surface area contributed by atoms with Crippen molar-refractivity contribution in [3.8, 4) is 0 Å². The first kappa shape index (κ1) is 29.7. The van der Waals surface area contributed by atoms with Gasteiger partial charge in [0.25, 0.3) is 0 Å². The topological polar surface area (TPSA) is 0 Å². The average Bonchev–Trinajstić information content (AvgIpc) is 2.91. The van der Waals surface area contributed by atoms with Gasteiger partial charge in [-0.2, -0.15) is 0 Å². The first-order valence-electron chi connectivity index (χ1n) is 10.3. The average molecular weight is 514 g/mol. The van der Waals surface area contributed by atoms with Gasteiger partial charge in [-0.15, -0.1) is 0 Å². The summed E-state index contributed by atoms with van der Waals surface area (Å²) in [5, 5.41) is 3.39. The molecule has 3 rings (SSSR count). The standard InChI is InChI=1S/C25H31Si.3ClH.Ti/c1-4-5-7-12-22-17-23(16-21-10-8-6-9-11-21)25(18-22)26-24-14-19(2)13-20(3)15-24;;;;/h6,8-11,13-15H,4-5,7,12,16,18,26H2,1-3H3;3*1H;/q;;;;+3/p-3. The van der Waals surface area contributed by atoms with Crippen molar-refractivity contribution < 1.29 is 57.7 Å². The Hall–Kier alpha value is -0.279. The first-order valence-corrected chi connectivity index (χ1v) is 12.5. The molecule has 2 aromatic carbocycles. The van der Waals surface area contributed by atoms with Gasteiger partial charge < -0.3 is 37.2 Å². The van der Waals surface area contributed by atoms with E-state index in [4.69, 9.17) is 0 Å². The van der Waals surface area contributed by atoms with Gasteiger partial charge in [-0.05, 0) is 0 Å². The zero-order chi connectivity index (χ0) is 19.2. The van der Waals surface area contributed by atoms with E-state index in [0.29, 0.717) is 0 Å². The predicted octanol–water partition coefficient (Wildman–Crippen LogP) is -3.61. The molecule has 0 amide bonds. The third-order valence-electron chi connectivity index (χ3n) is 5.51. The van der Waals surface area contributed by atoms with E-state index >= 15 is 0 Å². The number of hydrogen-bond acceptors (Lipinski definition) is 0. The van der Waals surface area contributed by atoms with Crippen LogP contribution >= 0.6 is 0 Å². The molecule has 0 atom stereocenters. The fraction of sp³-hybridized carbons (Fsp3) is 0.360. The Balaban J connectivity index is 0.00000280. The van der Waals surface area contributed by atoms with Crippen LogP contribution in [0.3, 0.4) is 0 Å². The van der Waals surface area contributed by atoms with Crippen LogP contribution in [-0.4, -0.2) is 9.52 Å². The van der Waals surface area contributed by atoms with Crippen LogP contribution in [0.5, 0.6) is 0 Å². The van der Waals surface area contributed by atoms with Crippen LogP contribution in [-0.2, 0) is 26.9 Å². The number of unbranched alkanes of at least 4 members (excludes halogenated alkanes) is 2. The molecule has 2 aromatic rings. The Morgan fingerprint density at radius 2 is 1.53 bits per heavy atom. The third kappa shape index (κ3) is 8.34. The summed E-state index contributed by atoms with van der Waals surface area (Å²) in [6.45, 7) is 6.77. The SMILES string of the molecule is CCCCCC1=[C]([Ti+3])C(Cc2ccccc2)=C([SiH2]c2cc(C)cc(C)c2)C1.[Cl-].[Cl-].[Cl-]. The molecule has 160 valence electrons. The summed E-state index contributed by atoms with van der Waals surface area (Å²) in [4.78, 5) is 0. The van der Waals surface area contributed by atoms with Crippen LogP contribution in [0, 0.1) is 13.8 Å². The van der Waals surface area contributed by atoms with Gasteiger partial charge in [0.1, 0.15) is 0 Å². The molecule has 0 aliphatic heterocycles. The summed E-state index contributed by atoms with van der Waals surface area (Å²) in [7, 11) is -0.395. The number of allylic oxidation sites excluding steroid dienone is 4. The normalized spacial score (nSPS) is 13.4. The molecule has 0 fully saturated rings. The molecule has 0 heterocycles. The fourth-order valence-corrected chi connectivity index (χ4v) is 7.55. The summed E-state index contributed by atoms with van der Waals surface area (Å²) in [5.41, 5.74) is 7.66. The molecular formula is C25H31Cl3SiTi. The minimum atomic E-state index is -0.395. The maximum Gasteiger partial charge on any atom is -1.00 e. The molecule has 0 bridgehead atoms. The van der Waals surface area contributed by atoms with Gasteiger partial charge in [0.2, 0.25) is 0 Å². The molecule has 0 saturated heterocycles. The van der Waals surface area contributed by atoms with Crippen LogP contribution in [0.1, 0.15) is 55.7 Å². The second-order valence-electron chi connectivity index (χ2n) is 8.03. The van der Waals surface area contributed by atoms with Gasteiger partial charge >= 0.3 is 180 Å². The molecule has 0 unspecified atom stereocenters. The molecule has 5 heteroatoms. The Bertz CT molecular complexity index is 840. The van der Waals surface area contributed by atoms with Crippen LogP contribution in [0.2, 0.25) is 0 Å². The van der Waals surface area contributed by atoms with Crippen LogP contribution < -0.4 is 42.4 Å². The molecule has 0 aromatic heterocycles. The molecule has 0 spiro atoms. The quantitative estimate of drug-likeness (QED) is 0.253. The maximum absolute atomic E-state index is 2.43. The largest absolute Gasteiger partial charge is 1.00 e. The van der Waals surface area contributed by atoms with E-state index in [-0.39, 0.29) is 37.2 Å². The Labute approximate surface area is 215 Å².